The number of nitrogens with one attached hydrogen (secondary N) is 1. The molecule has 1 spiro atoms. The van der Waals surface area contributed by atoms with Crippen molar-refractivity contribution in [1.29, 1.82) is 0 Å². The van der Waals surface area contributed by atoms with Gasteiger partial charge in [-0.05, 0) is 42.5 Å². The molecule has 1 amide bonds. The van der Waals surface area contributed by atoms with Crippen LogP contribution < -0.4 is 5.32 Å². The summed E-state index contributed by atoms with van der Waals surface area (Å²) in [4.78, 5) is 25.3. The first-order valence-electron chi connectivity index (χ1n) is 7.32. The van der Waals surface area contributed by atoms with Gasteiger partial charge in [0.05, 0.1) is 5.54 Å². The van der Waals surface area contributed by atoms with E-state index in [0.717, 1.165) is 31.2 Å². The molecule has 1 N–H and O–H groups in total. The lowest BCUT2D eigenvalue weighted by Gasteiger charge is -2.21. The lowest BCUT2D eigenvalue weighted by molar-refractivity contribution is -0.125. The van der Waals surface area contributed by atoms with Gasteiger partial charge in [-0.25, -0.2) is 0 Å². The zero-order chi connectivity index (χ0) is 15.2. The van der Waals surface area contributed by atoms with E-state index < -0.39 is 11.5 Å². The Morgan fingerprint density at radius 1 is 1.24 bits per heavy atom. The number of carbonyl (C=O) groups excluding carboxylic acids is 2. The Hall–Kier alpha value is -1.06. The van der Waals surface area contributed by atoms with Gasteiger partial charge in [-0.2, -0.15) is 0 Å². The molecule has 1 aromatic carbocycles. The first-order valence-corrected chi connectivity index (χ1v) is 8.08. The van der Waals surface area contributed by atoms with E-state index in [1.165, 1.54) is 0 Å². The molecule has 21 heavy (non-hydrogen) atoms. The molecule has 1 unspecified atom stereocenters. The van der Waals surface area contributed by atoms with Crippen LogP contribution in [0.5, 0.6) is 0 Å². The molecule has 1 aromatic rings. The van der Waals surface area contributed by atoms with Crippen LogP contribution in [0.3, 0.4) is 0 Å². The van der Waals surface area contributed by atoms with Crippen LogP contribution in [0.1, 0.15) is 49.7 Å². The van der Waals surface area contributed by atoms with Gasteiger partial charge in [-0.3, -0.25) is 9.59 Å². The molecule has 3 rings (SSSR count). The molecule has 2 aliphatic rings. The highest BCUT2D eigenvalue weighted by Crippen LogP contribution is 2.43. The van der Waals surface area contributed by atoms with E-state index in [0.29, 0.717) is 22.0 Å². The second-order valence-electron chi connectivity index (χ2n) is 5.89. The summed E-state index contributed by atoms with van der Waals surface area (Å²) >= 11 is 12.3. The minimum Gasteiger partial charge on any atom is -0.343 e. The minimum atomic E-state index is -0.789. The molecule has 3 nitrogen and oxygen atoms in total. The molecule has 5 heteroatoms. The average molecular weight is 326 g/mol. The maximum atomic E-state index is 12.9. The first kappa shape index (κ1) is 14.9. The van der Waals surface area contributed by atoms with Gasteiger partial charge in [-0.15, -0.1) is 0 Å². The lowest BCUT2D eigenvalue weighted by Crippen LogP contribution is -2.43. The molecule has 1 aliphatic carbocycles. The number of ketones is 1. The Balaban J connectivity index is 2.09. The third kappa shape index (κ3) is 2.27. The van der Waals surface area contributed by atoms with E-state index in [1.807, 2.05) is 6.92 Å². The van der Waals surface area contributed by atoms with Crippen molar-refractivity contribution in [2.75, 3.05) is 0 Å². The SMILES string of the molecule is CCc1cc(Cl)cc(Cl)c1C1C(=O)NC2(CCCC2)C1=O. The second-order valence-corrected chi connectivity index (χ2v) is 6.73. The number of Topliss-reactive ketones (excluding diaryl/α,β-unsaturated/α-hetero) is 1. The Labute approximate surface area is 134 Å². The Morgan fingerprint density at radius 3 is 2.52 bits per heavy atom. The molecule has 2 fully saturated rings. The Kier molecular flexibility index (Phi) is 3.74. The van der Waals surface area contributed by atoms with E-state index >= 15 is 0 Å². The van der Waals surface area contributed by atoms with Gasteiger partial charge >= 0.3 is 0 Å². The van der Waals surface area contributed by atoms with Crippen molar-refractivity contribution in [3.8, 4) is 0 Å². The predicted molar refractivity (Wildman–Crippen MR) is 82.9 cm³/mol. The lowest BCUT2D eigenvalue weighted by atomic mass is 9.84. The van der Waals surface area contributed by atoms with Crippen LogP contribution in [0.2, 0.25) is 10.0 Å². The van der Waals surface area contributed by atoms with Gasteiger partial charge in [0.25, 0.3) is 0 Å². The molecule has 0 radical (unpaired) electrons. The largest absolute Gasteiger partial charge is 0.343 e. The number of rotatable bonds is 2. The second kappa shape index (κ2) is 5.29. The molecule has 1 aliphatic heterocycles. The van der Waals surface area contributed by atoms with Crippen molar-refractivity contribution in [2.45, 2.75) is 50.5 Å². The maximum absolute atomic E-state index is 12.9. The van der Waals surface area contributed by atoms with Crippen molar-refractivity contribution in [2.24, 2.45) is 0 Å². The molecule has 1 saturated carbocycles. The molecule has 1 atom stereocenters. The number of hydrogen-bond acceptors (Lipinski definition) is 2. The summed E-state index contributed by atoms with van der Waals surface area (Å²) in [5.41, 5.74) is 0.848. The summed E-state index contributed by atoms with van der Waals surface area (Å²) in [6.07, 6.45) is 4.11. The van der Waals surface area contributed by atoms with Crippen LogP contribution in [-0.4, -0.2) is 17.2 Å². The van der Waals surface area contributed by atoms with Gasteiger partial charge < -0.3 is 5.32 Å². The van der Waals surface area contributed by atoms with Crippen LogP contribution in [0.25, 0.3) is 0 Å². The fraction of sp³-hybridized carbons (Fsp3) is 0.500. The van der Waals surface area contributed by atoms with Crippen LogP contribution in [0.4, 0.5) is 0 Å². The highest BCUT2D eigenvalue weighted by Gasteiger charge is 2.54. The summed E-state index contributed by atoms with van der Waals surface area (Å²) in [6.45, 7) is 1.97. The number of carbonyl (C=O) groups is 2. The van der Waals surface area contributed by atoms with Gasteiger partial charge in [0.15, 0.2) is 5.78 Å². The van der Waals surface area contributed by atoms with E-state index in [2.05, 4.69) is 5.32 Å². The molecule has 0 bridgehead atoms. The van der Waals surface area contributed by atoms with Crippen LogP contribution >= 0.6 is 23.2 Å². The first-order chi connectivity index (χ1) is 9.98. The van der Waals surface area contributed by atoms with Crippen LogP contribution in [-0.2, 0) is 16.0 Å². The fourth-order valence-corrected chi connectivity index (χ4v) is 4.28. The normalized spacial score (nSPS) is 23.9. The van der Waals surface area contributed by atoms with Crippen molar-refractivity contribution in [1.82, 2.24) is 5.32 Å². The van der Waals surface area contributed by atoms with Crippen molar-refractivity contribution in [3.05, 3.63) is 33.3 Å². The number of amides is 1. The highest BCUT2D eigenvalue weighted by atomic mass is 35.5. The zero-order valence-electron chi connectivity index (χ0n) is 11.8. The molecule has 0 aromatic heterocycles. The summed E-state index contributed by atoms with van der Waals surface area (Å²) in [5.74, 6) is -1.03. The van der Waals surface area contributed by atoms with E-state index in [-0.39, 0.29) is 11.7 Å². The summed E-state index contributed by atoms with van der Waals surface area (Å²) < 4.78 is 0. The number of benzene rings is 1. The smallest absolute Gasteiger partial charge is 0.236 e. The van der Waals surface area contributed by atoms with Crippen LogP contribution in [0, 0.1) is 0 Å². The third-order valence-corrected chi connectivity index (χ3v) is 5.20. The summed E-state index contributed by atoms with van der Waals surface area (Å²) in [5, 5.41) is 3.88. The van der Waals surface area contributed by atoms with Crippen molar-refractivity contribution in [3.63, 3.8) is 0 Å². The van der Waals surface area contributed by atoms with Gasteiger partial charge in [0, 0.05) is 10.0 Å². The Bertz CT molecular complexity index is 621. The molecular formula is C16H17Cl2NO2. The van der Waals surface area contributed by atoms with Crippen LogP contribution in [0.15, 0.2) is 12.1 Å². The van der Waals surface area contributed by atoms with Gasteiger partial charge in [-0.1, -0.05) is 43.0 Å². The summed E-state index contributed by atoms with van der Waals surface area (Å²) in [6, 6.07) is 3.40. The Morgan fingerprint density at radius 2 is 1.90 bits per heavy atom. The van der Waals surface area contributed by atoms with Crippen molar-refractivity contribution >= 4 is 34.9 Å². The molecule has 112 valence electrons. The number of halogens is 2. The average Bonchev–Trinajstić information content (AvgIpc) is 2.98. The van der Waals surface area contributed by atoms with E-state index in [1.54, 1.807) is 12.1 Å². The molecule has 1 saturated heterocycles. The van der Waals surface area contributed by atoms with Crippen molar-refractivity contribution < 1.29 is 9.59 Å². The van der Waals surface area contributed by atoms with Gasteiger partial charge in [0.1, 0.15) is 5.92 Å². The zero-order valence-corrected chi connectivity index (χ0v) is 13.4. The predicted octanol–water partition coefficient (Wildman–Crippen LogP) is 3.65. The monoisotopic (exact) mass is 325 g/mol. The topological polar surface area (TPSA) is 46.2 Å². The standard InChI is InChI=1S/C16H17Cl2NO2/c1-2-9-7-10(17)8-11(18)12(9)13-14(20)16(19-15(13)21)5-3-4-6-16/h7-8,13H,2-6H2,1H3,(H,19,21). The third-order valence-electron chi connectivity index (χ3n) is 4.67. The fourth-order valence-electron chi connectivity index (χ4n) is 3.63. The highest BCUT2D eigenvalue weighted by molar-refractivity contribution is 6.36. The number of aryl methyl sites for hydroxylation is 1. The molecule has 1 heterocycles. The number of hydrogen-bond donors (Lipinski definition) is 1. The maximum Gasteiger partial charge on any atom is 0.236 e. The summed E-state index contributed by atoms with van der Waals surface area (Å²) in [7, 11) is 0. The van der Waals surface area contributed by atoms with E-state index in [4.69, 9.17) is 23.2 Å². The minimum absolute atomic E-state index is 0.0241. The molecular weight excluding hydrogens is 309 g/mol. The quantitative estimate of drug-likeness (QED) is 0.843. The van der Waals surface area contributed by atoms with Gasteiger partial charge in [0.2, 0.25) is 5.91 Å². The van der Waals surface area contributed by atoms with E-state index in [9.17, 15) is 9.59 Å².